The van der Waals surface area contributed by atoms with Gasteiger partial charge in [0.05, 0.1) is 24.2 Å². The Morgan fingerprint density at radius 1 is 1.09 bits per heavy atom. The Bertz CT molecular complexity index is 1110. The van der Waals surface area contributed by atoms with Crippen molar-refractivity contribution < 1.29 is 13.6 Å². The van der Waals surface area contributed by atoms with Crippen LogP contribution in [0.5, 0.6) is 0 Å². The third-order valence-electron chi connectivity index (χ3n) is 4.77. The highest BCUT2D eigenvalue weighted by molar-refractivity contribution is 5.79. The molecule has 2 heterocycles. The molecular weight excluding hydrogens is 414 g/mol. The lowest BCUT2D eigenvalue weighted by atomic mass is 10.1. The summed E-state index contributed by atoms with van der Waals surface area (Å²) in [6, 6.07) is 16.6. The number of nitriles is 1. The van der Waals surface area contributed by atoms with Crippen LogP contribution in [0.2, 0.25) is 0 Å². The van der Waals surface area contributed by atoms with Crippen molar-refractivity contribution in [1.82, 2.24) is 15.3 Å². The molecule has 2 aromatic heterocycles. The zero-order valence-electron chi connectivity index (χ0n) is 17.2. The molecule has 0 saturated carbocycles. The Labute approximate surface area is 184 Å². The molecule has 0 aliphatic heterocycles. The number of alkyl halides is 2. The third kappa shape index (κ3) is 5.83. The lowest BCUT2D eigenvalue weighted by Crippen LogP contribution is -2.27. The number of carbonyl (C=O) groups excluding carboxylic acids is 1. The highest BCUT2D eigenvalue weighted by Crippen LogP contribution is 2.26. The van der Waals surface area contributed by atoms with E-state index in [4.69, 9.17) is 5.73 Å². The normalized spacial score (nSPS) is 10.9. The average Bonchev–Trinajstić information content (AvgIpc) is 2.82. The molecule has 4 N–H and O–H groups in total. The van der Waals surface area contributed by atoms with Gasteiger partial charge in [-0.2, -0.15) is 14.0 Å². The molecule has 0 bridgehead atoms. The number of halogens is 2. The number of rotatable bonds is 9. The minimum Gasteiger partial charge on any atom is -0.364 e. The van der Waals surface area contributed by atoms with Crippen molar-refractivity contribution in [2.75, 3.05) is 11.9 Å². The third-order valence-corrected chi connectivity index (χ3v) is 4.77. The number of amides is 1. The number of hydrogen-bond donors (Lipinski definition) is 3. The fourth-order valence-electron chi connectivity index (χ4n) is 3.05. The maximum absolute atomic E-state index is 14.3. The lowest BCUT2D eigenvalue weighted by Gasteiger charge is -2.17. The van der Waals surface area contributed by atoms with Crippen molar-refractivity contribution in [3.63, 3.8) is 0 Å². The van der Waals surface area contributed by atoms with E-state index < -0.39 is 12.5 Å². The zero-order valence-corrected chi connectivity index (χ0v) is 17.2. The van der Waals surface area contributed by atoms with Gasteiger partial charge in [-0.1, -0.05) is 30.3 Å². The van der Waals surface area contributed by atoms with Crippen LogP contribution in [0.1, 0.15) is 28.1 Å². The van der Waals surface area contributed by atoms with Crippen LogP contribution in [0.3, 0.4) is 0 Å². The number of nitrogens with zero attached hydrogens (tertiary/aromatic N) is 3. The van der Waals surface area contributed by atoms with Gasteiger partial charge in [0.1, 0.15) is 17.6 Å². The van der Waals surface area contributed by atoms with E-state index in [1.165, 1.54) is 30.5 Å². The maximum atomic E-state index is 14.3. The van der Waals surface area contributed by atoms with Gasteiger partial charge in [-0.15, -0.1) is 0 Å². The molecule has 1 aromatic carbocycles. The molecule has 3 aromatic rings. The molecule has 0 atom stereocenters. The van der Waals surface area contributed by atoms with Crippen molar-refractivity contribution in [1.29, 1.82) is 5.26 Å². The van der Waals surface area contributed by atoms with Gasteiger partial charge in [0.15, 0.2) is 0 Å². The van der Waals surface area contributed by atoms with Crippen molar-refractivity contribution in [3.8, 4) is 6.07 Å². The van der Waals surface area contributed by atoms with E-state index >= 15 is 0 Å². The highest BCUT2D eigenvalue weighted by atomic mass is 19.3. The highest BCUT2D eigenvalue weighted by Gasteiger charge is 2.32. The molecule has 0 unspecified atom stereocenters. The number of nitrogens with two attached hydrogens (primary N) is 1. The molecule has 0 fully saturated rings. The summed E-state index contributed by atoms with van der Waals surface area (Å²) < 4.78 is 28.7. The van der Waals surface area contributed by atoms with Crippen LogP contribution in [0, 0.1) is 11.3 Å². The van der Waals surface area contributed by atoms with E-state index in [-0.39, 0.29) is 41.6 Å². The molecule has 9 heteroatoms. The smallest absolute Gasteiger partial charge is 0.306 e. The number of benzene rings is 1. The maximum Gasteiger partial charge on any atom is 0.306 e. The van der Waals surface area contributed by atoms with Gasteiger partial charge < -0.3 is 16.4 Å². The summed E-state index contributed by atoms with van der Waals surface area (Å²) in [5, 5.41) is 14.7. The van der Waals surface area contributed by atoms with Gasteiger partial charge in [-0.3, -0.25) is 9.78 Å². The standard InChI is InChI=1S/C23H22F2N6O/c24-23(25,20-7-3-4-10-28-20)15-30-21-9-8-17(13-27)19(31-21)11-22(32)29-14-18-6-2-1-5-16(18)12-26/h1-10H,11-12,14-15,26H2,(H,29,32)(H,30,31). The number of nitrogens with one attached hydrogen (secondary N) is 2. The Kier molecular flexibility index (Phi) is 7.41. The van der Waals surface area contributed by atoms with E-state index in [1.54, 1.807) is 6.07 Å². The minimum atomic E-state index is -3.22. The van der Waals surface area contributed by atoms with E-state index in [0.717, 1.165) is 11.1 Å². The first kappa shape index (κ1) is 22.8. The molecule has 0 saturated heterocycles. The van der Waals surface area contributed by atoms with Crippen LogP contribution >= 0.6 is 0 Å². The number of aromatic nitrogens is 2. The Morgan fingerprint density at radius 2 is 1.84 bits per heavy atom. The largest absolute Gasteiger partial charge is 0.364 e. The van der Waals surface area contributed by atoms with Crippen LogP contribution in [-0.4, -0.2) is 22.4 Å². The lowest BCUT2D eigenvalue weighted by molar-refractivity contribution is -0.120. The summed E-state index contributed by atoms with van der Waals surface area (Å²) >= 11 is 0. The van der Waals surface area contributed by atoms with Gasteiger partial charge in [0.25, 0.3) is 0 Å². The average molecular weight is 436 g/mol. The summed E-state index contributed by atoms with van der Waals surface area (Å²) in [4.78, 5) is 20.3. The molecule has 1 amide bonds. The predicted octanol–water partition coefficient (Wildman–Crippen LogP) is 2.87. The molecule has 7 nitrogen and oxygen atoms in total. The van der Waals surface area contributed by atoms with Gasteiger partial charge in [0, 0.05) is 19.3 Å². The second-order valence-electron chi connectivity index (χ2n) is 7.00. The first-order valence-electron chi connectivity index (χ1n) is 9.89. The van der Waals surface area contributed by atoms with Crippen LogP contribution in [0.15, 0.2) is 60.8 Å². The van der Waals surface area contributed by atoms with Gasteiger partial charge >= 0.3 is 5.92 Å². The SMILES string of the molecule is N#Cc1ccc(NCC(F)(F)c2ccccn2)nc1CC(=O)NCc1ccccc1CN. The van der Waals surface area contributed by atoms with E-state index in [0.29, 0.717) is 6.54 Å². The van der Waals surface area contributed by atoms with Crippen molar-refractivity contribution in [2.45, 2.75) is 25.4 Å². The van der Waals surface area contributed by atoms with Crippen LogP contribution in [0.25, 0.3) is 0 Å². The fraction of sp³-hybridized carbons (Fsp3) is 0.217. The summed E-state index contributed by atoms with van der Waals surface area (Å²) in [6.07, 6.45) is 1.13. The van der Waals surface area contributed by atoms with E-state index in [2.05, 4.69) is 20.6 Å². The van der Waals surface area contributed by atoms with Gasteiger partial charge in [-0.25, -0.2) is 4.98 Å². The Morgan fingerprint density at radius 3 is 2.53 bits per heavy atom. The predicted molar refractivity (Wildman–Crippen MR) is 115 cm³/mol. The van der Waals surface area contributed by atoms with Crippen molar-refractivity contribution in [2.24, 2.45) is 5.73 Å². The van der Waals surface area contributed by atoms with Crippen molar-refractivity contribution >= 4 is 11.7 Å². The molecule has 0 spiro atoms. The number of carbonyl (C=O) groups is 1. The van der Waals surface area contributed by atoms with E-state index in [9.17, 15) is 18.8 Å². The van der Waals surface area contributed by atoms with Gasteiger partial charge in [-0.05, 0) is 35.4 Å². The van der Waals surface area contributed by atoms with E-state index in [1.807, 2.05) is 30.3 Å². The fourth-order valence-corrected chi connectivity index (χ4v) is 3.05. The summed E-state index contributed by atoms with van der Waals surface area (Å²) in [6.45, 7) is -0.101. The molecular formula is C23H22F2N6O. The minimum absolute atomic E-state index is 0.135. The first-order chi connectivity index (χ1) is 15.4. The van der Waals surface area contributed by atoms with Crippen LogP contribution < -0.4 is 16.4 Å². The second kappa shape index (κ2) is 10.4. The van der Waals surface area contributed by atoms with Crippen LogP contribution in [-0.2, 0) is 30.2 Å². The number of anilines is 1. The number of hydrogen-bond acceptors (Lipinski definition) is 6. The number of pyridine rings is 2. The summed E-state index contributed by atoms with van der Waals surface area (Å²) in [5.74, 6) is -3.43. The monoisotopic (exact) mass is 436 g/mol. The summed E-state index contributed by atoms with van der Waals surface area (Å²) in [7, 11) is 0. The molecule has 0 aliphatic carbocycles. The van der Waals surface area contributed by atoms with Crippen molar-refractivity contribution in [3.05, 3.63) is 88.9 Å². The summed E-state index contributed by atoms with van der Waals surface area (Å²) in [5.41, 5.74) is 7.55. The topological polar surface area (TPSA) is 117 Å². The second-order valence-corrected chi connectivity index (χ2v) is 7.00. The molecule has 3 rings (SSSR count). The molecule has 0 aliphatic rings. The Hall–Kier alpha value is -3.90. The molecule has 164 valence electrons. The molecule has 0 radical (unpaired) electrons. The quantitative estimate of drug-likeness (QED) is 0.475. The van der Waals surface area contributed by atoms with Crippen LogP contribution in [0.4, 0.5) is 14.6 Å². The molecule has 32 heavy (non-hydrogen) atoms. The zero-order chi connectivity index (χ0) is 23.0. The first-order valence-corrected chi connectivity index (χ1v) is 9.89. The Balaban J connectivity index is 1.65. The van der Waals surface area contributed by atoms with Gasteiger partial charge in [0.2, 0.25) is 5.91 Å².